The Labute approximate surface area is 110 Å². The van der Waals surface area contributed by atoms with E-state index in [1.165, 1.54) is 16.6 Å². The first kappa shape index (κ1) is 13.1. The summed E-state index contributed by atoms with van der Waals surface area (Å²) in [4.78, 5) is 15.3. The zero-order chi connectivity index (χ0) is 13.7. The molecule has 0 saturated heterocycles. The van der Waals surface area contributed by atoms with Crippen LogP contribution in [-0.4, -0.2) is 37.4 Å². The number of nitrogens with zero attached hydrogens (tertiary/aromatic N) is 4. The largest absolute Gasteiger partial charge is 0.367 e. The van der Waals surface area contributed by atoms with Gasteiger partial charge in [0, 0.05) is 12.2 Å². The number of hydrogen-bond donors (Lipinski definition) is 3. The molecule has 0 radical (unpaired) electrons. The zero-order valence-electron chi connectivity index (χ0n) is 10.8. The van der Waals surface area contributed by atoms with Gasteiger partial charge in [-0.2, -0.15) is 5.10 Å². The van der Waals surface area contributed by atoms with Crippen molar-refractivity contribution < 1.29 is 4.79 Å². The number of hydrogen-bond acceptors (Lipinski definition) is 5. The van der Waals surface area contributed by atoms with Crippen LogP contribution in [0, 0.1) is 6.92 Å². The van der Waals surface area contributed by atoms with Crippen molar-refractivity contribution >= 4 is 11.9 Å². The number of nitrogen functional groups attached to an aromatic ring is 1. The van der Waals surface area contributed by atoms with Gasteiger partial charge in [0.1, 0.15) is 12.9 Å². The van der Waals surface area contributed by atoms with E-state index in [1.54, 1.807) is 0 Å². The Hall–Kier alpha value is -2.38. The van der Waals surface area contributed by atoms with Gasteiger partial charge in [0.15, 0.2) is 0 Å². The van der Waals surface area contributed by atoms with Crippen molar-refractivity contribution in [2.45, 2.75) is 26.3 Å². The van der Waals surface area contributed by atoms with Gasteiger partial charge < -0.3 is 11.1 Å². The average Bonchev–Trinajstić information content (AvgIpc) is 2.94. The highest BCUT2D eigenvalue weighted by molar-refractivity contribution is 5.75. The van der Waals surface area contributed by atoms with E-state index in [-0.39, 0.29) is 18.4 Å². The third kappa shape index (κ3) is 3.80. The third-order valence-corrected chi connectivity index (χ3v) is 2.74. The smallest absolute Gasteiger partial charge is 0.241 e. The van der Waals surface area contributed by atoms with Crippen LogP contribution >= 0.6 is 0 Å². The molecule has 19 heavy (non-hydrogen) atoms. The summed E-state index contributed by atoms with van der Waals surface area (Å²) in [5, 5.41) is 13.5. The fraction of sp³-hybridized carbons (Fsp3) is 0.455. The Balaban J connectivity index is 1.65. The van der Waals surface area contributed by atoms with Crippen LogP contribution in [0.3, 0.4) is 0 Å². The zero-order valence-corrected chi connectivity index (χ0v) is 10.8. The number of amides is 1. The van der Waals surface area contributed by atoms with E-state index in [0.29, 0.717) is 6.54 Å². The minimum Gasteiger partial charge on any atom is -0.367 e. The molecule has 0 aliphatic carbocycles. The number of anilines is 1. The van der Waals surface area contributed by atoms with Gasteiger partial charge in [-0.25, -0.2) is 9.67 Å². The second-order valence-electron chi connectivity index (χ2n) is 4.27. The Kier molecular flexibility index (Phi) is 4.11. The van der Waals surface area contributed by atoms with Crippen LogP contribution in [0.5, 0.6) is 0 Å². The van der Waals surface area contributed by atoms with Gasteiger partial charge >= 0.3 is 0 Å². The van der Waals surface area contributed by atoms with Crippen LogP contribution in [0.4, 0.5) is 5.95 Å². The second-order valence-corrected chi connectivity index (χ2v) is 4.27. The van der Waals surface area contributed by atoms with Gasteiger partial charge in [-0.3, -0.25) is 9.89 Å². The van der Waals surface area contributed by atoms with Gasteiger partial charge in [0.25, 0.3) is 0 Å². The van der Waals surface area contributed by atoms with Crippen molar-refractivity contribution in [2.24, 2.45) is 0 Å². The van der Waals surface area contributed by atoms with Crippen molar-refractivity contribution in [3.05, 3.63) is 23.8 Å². The predicted molar refractivity (Wildman–Crippen MR) is 69.1 cm³/mol. The summed E-state index contributed by atoms with van der Waals surface area (Å²) in [6.07, 6.45) is 5.00. The molecule has 0 fully saturated rings. The lowest BCUT2D eigenvalue weighted by Gasteiger charge is -2.04. The van der Waals surface area contributed by atoms with Crippen molar-refractivity contribution in [3.8, 4) is 0 Å². The Morgan fingerprint density at radius 2 is 2.42 bits per heavy atom. The van der Waals surface area contributed by atoms with Crippen molar-refractivity contribution in [2.75, 3.05) is 12.3 Å². The lowest BCUT2D eigenvalue weighted by atomic mass is 10.1. The van der Waals surface area contributed by atoms with Crippen LogP contribution in [0.15, 0.2) is 12.5 Å². The molecular formula is C11H17N7O. The van der Waals surface area contributed by atoms with Crippen LogP contribution in [0.1, 0.15) is 17.7 Å². The van der Waals surface area contributed by atoms with Gasteiger partial charge in [-0.15, -0.1) is 5.10 Å². The number of rotatable bonds is 6. The van der Waals surface area contributed by atoms with Crippen molar-refractivity contribution in [1.82, 2.24) is 30.3 Å². The van der Waals surface area contributed by atoms with Gasteiger partial charge in [0.05, 0.1) is 6.20 Å². The summed E-state index contributed by atoms with van der Waals surface area (Å²) >= 11 is 0. The Morgan fingerprint density at radius 1 is 1.58 bits per heavy atom. The fourth-order valence-electron chi connectivity index (χ4n) is 1.72. The van der Waals surface area contributed by atoms with Crippen LogP contribution in [-0.2, 0) is 17.8 Å². The molecule has 2 heterocycles. The topological polar surface area (TPSA) is 115 Å². The molecule has 0 aromatic carbocycles. The molecule has 2 aromatic heterocycles. The number of aromatic nitrogens is 5. The monoisotopic (exact) mass is 263 g/mol. The molecule has 0 saturated carbocycles. The third-order valence-electron chi connectivity index (χ3n) is 2.74. The second kappa shape index (κ2) is 5.98. The Bertz CT molecular complexity index is 545. The summed E-state index contributed by atoms with van der Waals surface area (Å²) < 4.78 is 1.41. The highest BCUT2D eigenvalue weighted by Crippen LogP contribution is 2.04. The molecule has 2 aromatic rings. The van der Waals surface area contributed by atoms with Crippen molar-refractivity contribution in [1.29, 1.82) is 0 Å². The summed E-state index contributed by atoms with van der Waals surface area (Å²) in [6.45, 7) is 2.73. The Morgan fingerprint density at radius 3 is 3.05 bits per heavy atom. The van der Waals surface area contributed by atoms with Gasteiger partial charge in [-0.05, 0) is 25.3 Å². The lowest BCUT2D eigenvalue weighted by Crippen LogP contribution is -2.28. The van der Waals surface area contributed by atoms with Gasteiger partial charge in [-0.1, -0.05) is 0 Å². The van der Waals surface area contributed by atoms with Crippen LogP contribution in [0.2, 0.25) is 0 Å². The highest BCUT2D eigenvalue weighted by Gasteiger charge is 2.04. The first-order chi connectivity index (χ1) is 9.15. The number of carbonyl (C=O) groups is 1. The summed E-state index contributed by atoms with van der Waals surface area (Å²) in [5.74, 6) is 0.0667. The molecule has 8 nitrogen and oxygen atoms in total. The molecule has 2 rings (SSSR count). The number of H-pyrrole nitrogens is 1. The SMILES string of the molecule is Cc1[nH]ncc1CCCNC(=O)Cn1cnc(N)n1. The fourth-order valence-corrected chi connectivity index (χ4v) is 1.72. The quantitative estimate of drug-likeness (QED) is 0.616. The number of nitrogens with one attached hydrogen (secondary N) is 2. The number of carbonyl (C=O) groups excluding carboxylic acids is 1. The maximum absolute atomic E-state index is 11.6. The normalized spacial score (nSPS) is 10.6. The van der Waals surface area contributed by atoms with E-state index in [9.17, 15) is 4.79 Å². The molecule has 0 unspecified atom stereocenters. The average molecular weight is 263 g/mol. The maximum Gasteiger partial charge on any atom is 0.241 e. The molecule has 4 N–H and O–H groups in total. The van der Waals surface area contributed by atoms with E-state index >= 15 is 0 Å². The number of aromatic amines is 1. The first-order valence-corrected chi connectivity index (χ1v) is 6.05. The van der Waals surface area contributed by atoms with E-state index < -0.39 is 0 Å². The molecule has 0 aliphatic heterocycles. The molecule has 0 aliphatic rings. The van der Waals surface area contributed by atoms with E-state index in [4.69, 9.17) is 5.73 Å². The first-order valence-electron chi connectivity index (χ1n) is 6.05. The molecule has 0 spiro atoms. The molecule has 0 bridgehead atoms. The number of aryl methyl sites for hydroxylation is 2. The van der Waals surface area contributed by atoms with E-state index in [1.807, 2.05) is 13.1 Å². The van der Waals surface area contributed by atoms with Crippen LogP contribution < -0.4 is 11.1 Å². The van der Waals surface area contributed by atoms with Crippen molar-refractivity contribution in [3.63, 3.8) is 0 Å². The standard InChI is InChI=1S/C11H17N7O/c1-8-9(5-15-16-8)3-2-4-13-10(19)6-18-7-14-11(12)17-18/h5,7H,2-4,6H2,1H3,(H2,12,17)(H,13,19)(H,15,16). The summed E-state index contributed by atoms with van der Waals surface area (Å²) in [7, 11) is 0. The summed E-state index contributed by atoms with van der Waals surface area (Å²) in [5.41, 5.74) is 7.61. The van der Waals surface area contributed by atoms with E-state index in [2.05, 4.69) is 25.6 Å². The highest BCUT2D eigenvalue weighted by atomic mass is 16.2. The molecule has 8 heteroatoms. The molecule has 102 valence electrons. The molecule has 1 amide bonds. The maximum atomic E-state index is 11.6. The minimum atomic E-state index is -0.103. The molecular weight excluding hydrogens is 246 g/mol. The van der Waals surface area contributed by atoms with E-state index in [0.717, 1.165) is 18.5 Å². The lowest BCUT2D eigenvalue weighted by molar-refractivity contribution is -0.121. The minimum absolute atomic E-state index is 0.103. The van der Waals surface area contributed by atoms with Gasteiger partial charge in [0.2, 0.25) is 11.9 Å². The van der Waals surface area contributed by atoms with Crippen LogP contribution in [0.25, 0.3) is 0 Å². The predicted octanol–water partition coefficient (Wildman–Crippen LogP) is -0.359. The molecule has 0 atom stereocenters. The number of nitrogens with two attached hydrogens (primary N) is 1. The summed E-state index contributed by atoms with van der Waals surface area (Å²) in [6, 6.07) is 0.